The molecule has 0 N–H and O–H groups in total. The fourth-order valence-corrected chi connectivity index (χ4v) is 1.76. The largest absolute Gasteiger partial charge is 0.466 e. The second kappa shape index (κ2) is 4.84. The van der Waals surface area contributed by atoms with Gasteiger partial charge in [-0.15, -0.1) is 11.3 Å². The van der Waals surface area contributed by atoms with Crippen LogP contribution >= 0.6 is 11.3 Å². The van der Waals surface area contributed by atoms with E-state index in [1.165, 1.54) is 32.3 Å². The molecule has 5 heteroatoms. The molecule has 0 aromatic carbocycles. The first-order valence-electron chi connectivity index (χ1n) is 4.11. The number of ether oxygens (including phenoxy) is 1. The van der Waals surface area contributed by atoms with Crippen LogP contribution in [0, 0.1) is 5.82 Å². The van der Waals surface area contributed by atoms with Gasteiger partial charge in [-0.3, -0.25) is 4.79 Å². The van der Waals surface area contributed by atoms with Crippen molar-refractivity contribution in [3.63, 3.8) is 0 Å². The Labute approximate surface area is 90.2 Å². The summed E-state index contributed by atoms with van der Waals surface area (Å²) in [5, 5.41) is 0. The predicted molar refractivity (Wildman–Crippen MR) is 55.3 cm³/mol. The lowest BCUT2D eigenvalue weighted by Gasteiger charge is -1.87. The highest BCUT2D eigenvalue weighted by atomic mass is 32.1. The highest BCUT2D eigenvalue weighted by Crippen LogP contribution is 2.22. The molecule has 0 amide bonds. The Morgan fingerprint density at radius 2 is 2.20 bits per heavy atom. The molecule has 80 valence electrons. The van der Waals surface area contributed by atoms with Crippen molar-refractivity contribution in [2.45, 2.75) is 6.92 Å². The van der Waals surface area contributed by atoms with Gasteiger partial charge in [0.05, 0.1) is 7.11 Å². The van der Waals surface area contributed by atoms with Gasteiger partial charge in [0.2, 0.25) is 0 Å². The van der Waals surface area contributed by atoms with Crippen LogP contribution in [0.15, 0.2) is 12.1 Å². The van der Waals surface area contributed by atoms with Gasteiger partial charge in [0.1, 0.15) is 10.7 Å². The van der Waals surface area contributed by atoms with E-state index in [1.807, 2.05) is 0 Å². The van der Waals surface area contributed by atoms with Gasteiger partial charge in [0.25, 0.3) is 0 Å². The molecule has 1 aromatic rings. The molecular formula is C10H9FO3S. The van der Waals surface area contributed by atoms with Crippen LogP contribution < -0.4 is 0 Å². The zero-order valence-corrected chi connectivity index (χ0v) is 9.06. The maximum Gasteiger partial charge on any atom is 0.330 e. The van der Waals surface area contributed by atoms with E-state index in [2.05, 4.69) is 4.74 Å². The number of Topliss-reactive ketones (excluding diaryl/α,β-unsaturated/α-hetero) is 1. The van der Waals surface area contributed by atoms with Crippen LogP contribution in [-0.2, 0) is 9.53 Å². The summed E-state index contributed by atoms with van der Waals surface area (Å²) in [5.41, 5.74) is 0. The molecule has 0 aliphatic rings. The summed E-state index contributed by atoms with van der Waals surface area (Å²) in [5.74, 6) is -1.40. The van der Waals surface area contributed by atoms with Crippen molar-refractivity contribution >= 4 is 29.2 Å². The van der Waals surface area contributed by atoms with E-state index < -0.39 is 11.8 Å². The third-order valence-electron chi connectivity index (χ3n) is 1.61. The standard InChI is InChI=1S/C10H9FO3S/c1-6(12)10-8(11)5-7(15-10)3-4-9(13)14-2/h3-5H,1-2H3. The minimum Gasteiger partial charge on any atom is -0.466 e. The summed E-state index contributed by atoms with van der Waals surface area (Å²) >= 11 is 1.00. The van der Waals surface area contributed by atoms with Crippen molar-refractivity contribution in [2.24, 2.45) is 0 Å². The van der Waals surface area contributed by atoms with Crippen LogP contribution in [0.3, 0.4) is 0 Å². The topological polar surface area (TPSA) is 43.4 Å². The first-order chi connectivity index (χ1) is 7.04. The summed E-state index contributed by atoms with van der Waals surface area (Å²) in [6.45, 7) is 1.29. The lowest BCUT2D eigenvalue weighted by Crippen LogP contribution is -1.92. The molecule has 0 spiro atoms. The first kappa shape index (κ1) is 11.6. The Kier molecular flexibility index (Phi) is 3.74. The van der Waals surface area contributed by atoms with Gasteiger partial charge in [0, 0.05) is 17.9 Å². The second-order valence-electron chi connectivity index (χ2n) is 2.74. The third-order valence-corrected chi connectivity index (χ3v) is 2.79. The number of carbonyl (C=O) groups excluding carboxylic acids is 2. The van der Waals surface area contributed by atoms with E-state index in [0.717, 1.165) is 11.3 Å². The van der Waals surface area contributed by atoms with Gasteiger partial charge in [-0.25, -0.2) is 9.18 Å². The molecule has 0 atom stereocenters. The number of halogens is 1. The summed E-state index contributed by atoms with van der Waals surface area (Å²) in [6.07, 6.45) is 2.58. The molecule has 1 heterocycles. The van der Waals surface area contributed by atoms with E-state index in [-0.39, 0.29) is 10.7 Å². The number of hydrogen-bond acceptors (Lipinski definition) is 4. The van der Waals surface area contributed by atoms with Gasteiger partial charge in [-0.1, -0.05) is 0 Å². The molecular weight excluding hydrogens is 219 g/mol. The molecule has 1 rings (SSSR count). The molecule has 0 saturated heterocycles. The van der Waals surface area contributed by atoms with E-state index in [9.17, 15) is 14.0 Å². The van der Waals surface area contributed by atoms with E-state index in [4.69, 9.17) is 0 Å². The number of carbonyl (C=O) groups is 2. The molecule has 15 heavy (non-hydrogen) atoms. The molecule has 1 aromatic heterocycles. The lowest BCUT2D eigenvalue weighted by molar-refractivity contribution is -0.134. The average Bonchev–Trinajstić information content (AvgIpc) is 2.56. The van der Waals surface area contributed by atoms with Gasteiger partial charge >= 0.3 is 5.97 Å². The minimum absolute atomic E-state index is 0.0690. The zero-order valence-electron chi connectivity index (χ0n) is 8.24. The first-order valence-corrected chi connectivity index (χ1v) is 4.92. The molecule has 3 nitrogen and oxygen atoms in total. The minimum atomic E-state index is -0.558. The maximum absolute atomic E-state index is 13.1. The summed E-state index contributed by atoms with van der Waals surface area (Å²) in [7, 11) is 1.25. The van der Waals surface area contributed by atoms with Crippen molar-refractivity contribution < 1.29 is 18.7 Å². The number of esters is 1. The van der Waals surface area contributed by atoms with E-state index in [0.29, 0.717) is 4.88 Å². The van der Waals surface area contributed by atoms with E-state index >= 15 is 0 Å². The number of hydrogen-bond donors (Lipinski definition) is 0. The van der Waals surface area contributed by atoms with Crippen molar-refractivity contribution in [1.82, 2.24) is 0 Å². The highest BCUT2D eigenvalue weighted by Gasteiger charge is 2.11. The number of thiophene rings is 1. The summed E-state index contributed by atoms with van der Waals surface area (Å²) in [6, 6.07) is 1.21. The Bertz CT molecular complexity index is 420. The molecule has 0 saturated carbocycles. The summed E-state index contributed by atoms with van der Waals surface area (Å²) < 4.78 is 17.5. The lowest BCUT2D eigenvalue weighted by atomic mass is 10.3. The average molecular weight is 228 g/mol. The molecule has 0 aliphatic heterocycles. The normalized spacial score (nSPS) is 10.6. The fourth-order valence-electron chi connectivity index (χ4n) is 0.927. The maximum atomic E-state index is 13.1. The fraction of sp³-hybridized carbons (Fsp3) is 0.200. The van der Waals surface area contributed by atoms with Crippen molar-refractivity contribution in [3.8, 4) is 0 Å². The van der Waals surface area contributed by atoms with Crippen LogP contribution in [0.25, 0.3) is 6.08 Å². The van der Waals surface area contributed by atoms with Crippen LogP contribution in [-0.4, -0.2) is 18.9 Å². The van der Waals surface area contributed by atoms with Crippen molar-refractivity contribution in [3.05, 3.63) is 27.7 Å². The van der Waals surface area contributed by atoms with Crippen LogP contribution in [0.1, 0.15) is 21.5 Å². The van der Waals surface area contributed by atoms with Crippen LogP contribution in [0.2, 0.25) is 0 Å². The smallest absolute Gasteiger partial charge is 0.330 e. The third kappa shape index (κ3) is 2.99. The van der Waals surface area contributed by atoms with Gasteiger partial charge in [0.15, 0.2) is 5.78 Å². The highest BCUT2D eigenvalue weighted by molar-refractivity contribution is 7.14. The Morgan fingerprint density at radius 1 is 1.53 bits per heavy atom. The molecule has 0 aliphatic carbocycles. The van der Waals surface area contributed by atoms with Crippen molar-refractivity contribution in [2.75, 3.05) is 7.11 Å². The number of ketones is 1. The molecule has 0 bridgehead atoms. The van der Waals surface area contributed by atoms with Gasteiger partial charge in [-0.2, -0.15) is 0 Å². The molecule has 0 radical (unpaired) electrons. The van der Waals surface area contributed by atoms with E-state index in [1.54, 1.807) is 0 Å². The Morgan fingerprint density at radius 3 is 2.67 bits per heavy atom. The van der Waals surface area contributed by atoms with Crippen LogP contribution in [0.5, 0.6) is 0 Å². The Balaban J connectivity index is 2.89. The molecule has 0 unspecified atom stereocenters. The quantitative estimate of drug-likeness (QED) is 0.453. The van der Waals surface area contributed by atoms with Gasteiger partial charge in [-0.05, 0) is 12.1 Å². The monoisotopic (exact) mass is 228 g/mol. The number of rotatable bonds is 3. The summed E-state index contributed by atoms with van der Waals surface area (Å²) in [4.78, 5) is 22.2. The van der Waals surface area contributed by atoms with Crippen molar-refractivity contribution in [1.29, 1.82) is 0 Å². The van der Waals surface area contributed by atoms with Gasteiger partial charge < -0.3 is 4.74 Å². The molecule has 0 fully saturated rings. The number of methoxy groups -OCH3 is 1. The SMILES string of the molecule is COC(=O)C=Cc1cc(F)c(C(C)=O)s1. The second-order valence-corrected chi connectivity index (χ2v) is 3.82. The predicted octanol–water partition coefficient (Wildman–Crippen LogP) is 2.28. The van der Waals surface area contributed by atoms with Crippen LogP contribution in [0.4, 0.5) is 4.39 Å². The zero-order chi connectivity index (χ0) is 11.4. The Hall–Kier alpha value is -1.49.